The van der Waals surface area contributed by atoms with Gasteiger partial charge < -0.3 is 0 Å². The van der Waals surface area contributed by atoms with Crippen LogP contribution >= 0.6 is 0 Å². The first-order valence-electron chi connectivity index (χ1n) is 3.91. The molecule has 1 aliphatic heterocycles. The lowest BCUT2D eigenvalue weighted by molar-refractivity contribution is -0.143. The highest BCUT2D eigenvalue weighted by Gasteiger charge is 2.44. The smallest absolute Gasteiger partial charge is 0.248 e. The first kappa shape index (κ1) is 12.0. The van der Waals surface area contributed by atoms with Gasteiger partial charge in [0.15, 0.2) is 9.84 Å². The average Bonchev–Trinajstić information content (AvgIpc) is 2.24. The highest BCUT2D eigenvalue weighted by Crippen LogP contribution is 2.31. The van der Waals surface area contributed by atoms with Crippen molar-refractivity contribution in [1.29, 1.82) is 0 Å². The fourth-order valence-corrected chi connectivity index (χ4v) is 2.01. The highest BCUT2D eigenvalue weighted by molar-refractivity contribution is 8.05. The molecule has 1 heterocycles. The van der Waals surface area contributed by atoms with Crippen LogP contribution in [0.4, 0.5) is 13.2 Å². The van der Waals surface area contributed by atoms with E-state index < -0.39 is 27.0 Å². The standard InChI is InChI=1S/C8H8F3NO2S/c1-15(13,14)7-6(8(9,10)11)4-2-3-5-12-7/h2-6H,1H3. The molecule has 0 aromatic heterocycles. The molecule has 0 bridgehead atoms. The Hall–Kier alpha value is -1.11. The van der Waals surface area contributed by atoms with Crippen molar-refractivity contribution in [2.75, 3.05) is 6.26 Å². The fourth-order valence-electron chi connectivity index (χ4n) is 1.08. The molecule has 0 fully saturated rings. The van der Waals surface area contributed by atoms with Crippen molar-refractivity contribution in [3.63, 3.8) is 0 Å². The lowest BCUT2D eigenvalue weighted by Crippen LogP contribution is -2.33. The van der Waals surface area contributed by atoms with Gasteiger partial charge in [-0.15, -0.1) is 0 Å². The lowest BCUT2D eigenvalue weighted by Gasteiger charge is -2.16. The number of aliphatic imine (C=N–C) groups is 1. The van der Waals surface area contributed by atoms with Gasteiger partial charge in [0.25, 0.3) is 0 Å². The van der Waals surface area contributed by atoms with Gasteiger partial charge in [-0.3, -0.25) is 0 Å². The number of allylic oxidation sites excluding steroid dienone is 3. The molecule has 0 N–H and O–H groups in total. The predicted octanol–water partition coefficient (Wildman–Crippen LogP) is 1.69. The van der Waals surface area contributed by atoms with E-state index in [-0.39, 0.29) is 0 Å². The Kier molecular flexibility index (Phi) is 3.03. The van der Waals surface area contributed by atoms with Gasteiger partial charge in [0.2, 0.25) is 0 Å². The van der Waals surface area contributed by atoms with Gasteiger partial charge >= 0.3 is 6.18 Å². The number of sulfone groups is 1. The van der Waals surface area contributed by atoms with Crippen LogP contribution in [0.5, 0.6) is 0 Å². The Morgan fingerprint density at radius 2 is 1.93 bits per heavy atom. The number of alkyl halides is 3. The zero-order valence-corrected chi connectivity index (χ0v) is 8.51. The van der Waals surface area contributed by atoms with Crippen LogP contribution in [0.2, 0.25) is 0 Å². The largest absolute Gasteiger partial charge is 0.401 e. The molecule has 1 aliphatic rings. The molecule has 1 atom stereocenters. The predicted molar refractivity (Wildman–Crippen MR) is 50.1 cm³/mol. The molecule has 0 radical (unpaired) electrons. The van der Waals surface area contributed by atoms with E-state index in [1.807, 2.05) is 0 Å². The summed E-state index contributed by atoms with van der Waals surface area (Å²) in [5.41, 5.74) is 0. The van der Waals surface area contributed by atoms with Gasteiger partial charge in [0.1, 0.15) is 11.0 Å². The van der Waals surface area contributed by atoms with Crippen LogP contribution in [0.15, 0.2) is 29.4 Å². The molecule has 0 amide bonds. The fraction of sp³-hybridized carbons (Fsp3) is 0.375. The van der Waals surface area contributed by atoms with E-state index in [9.17, 15) is 21.6 Å². The first-order valence-corrected chi connectivity index (χ1v) is 5.80. The van der Waals surface area contributed by atoms with Crippen LogP contribution < -0.4 is 0 Å². The Labute approximate surface area is 84.9 Å². The van der Waals surface area contributed by atoms with Gasteiger partial charge in [-0.1, -0.05) is 12.2 Å². The molecule has 0 aromatic rings. The van der Waals surface area contributed by atoms with Crippen LogP contribution in [0.1, 0.15) is 0 Å². The molecule has 3 nitrogen and oxygen atoms in total. The third kappa shape index (κ3) is 2.92. The van der Waals surface area contributed by atoms with Crippen molar-refractivity contribution < 1.29 is 21.6 Å². The summed E-state index contributed by atoms with van der Waals surface area (Å²) in [5.74, 6) is -2.16. The second kappa shape index (κ2) is 3.80. The van der Waals surface area contributed by atoms with Crippen LogP contribution in [-0.2, 0) is 9.84 Å². The summed E-state index contributed by atoms with van der Waals surface area (Å²) in [6.07, 6.45) is 0.223. The van der Waals surface area contributed by atoms with E-state index in [1.54, 1.807) is 0 Å². The van der Waals surface area contributed by atoms with Crippen molar-refractivity contribution >= 4 is 14.9 Å². The summed E-state index contributed by atoms with van der Waals surface area (Å²) < 4.78 is 59.6. The monoisotopic (exact) mass is 239 g/mol. The molecule has 0 saturated carbocycles. The number of nitrogens with zero attached hydrogens (tertiary/aromatic N) is 1. The maximum atomic E-state index is 12.5. The Bertz CT molecular complexity index is 431. The lowest BCUT2D eigenvalue weighted by atomic mass is 10.1. The van der Waals surface area contributed by atoms with Crippen molar-refractivity contribution in [2.24, 2.45) is 10.9 Å². The Morgan fingerprint density at radius 1 is 1.33 bits per heavy atom. The van der Waals surface area contributed by atoms with E-state index in [1.165, 1.54) is 6.08 Å². The third-order valence-corrected chi connectivity index (χ3v) is 2.82. The Balaban J connectivity index is 3.26. The van der Waals surface area contributed by atoms with E-state index in [0.717, 1.165) is 18.4 Å². The van der Waals surface area contributed by atoms with Crippen molar-refractivity contribution in [3.8, 4) is 0 Å². The first-order chi connectivity index (χ1) is 6.73. The molecular formula is C8H8F3NO2S. The highest BCUT2D eigenvalue weighted by atomic mass is 32.2. The quantitative estimate of drug-likeness (QED) is 0.645. The van der Waals surface area contributed by atoms with E-state index in [2.05, 4.69) is 4.99 Å². The van der Waals surface area contributed by atoms with Crippen molar-refractivity contribution in [1.82, 2.24) is 0 Å². The maximum absolute atomic E-state index is 12.5. The summed E-state index contributed by atoms with van der Waals surface area (Å²) in [5, 5.41) is -0.875. The topological polar surface area (TPSA) is 46.5 Å². The van der Waals surface area contributed by atoms with Crippen LogP contribution in [0, 0.1) is 5.92 Å². The average molecular weight is 239 g/mol. The molecule has 1 rings (SSSR count). The van der Waals surface area contributed by atoms with Crippen molar-refractivity contribution in [2.45, 2.75) is 6.18 Å². The zero-order valence-electron chi connectivity index (χ0n) is 7.69. The van der Waals surface area contributed by atoms with Gasteiger partial charge in [-0.05, 0) is 6.08 Å². The van der Waals surface area contributed by atoms with Crippen molar-refractivity contribution in [3.05, 3.63) is 24.4 Å². The molecule has 1 unspecified atom stereocenters. The number of halogens is 3. The van der Waals surface area contributed by atoms with Crippen LogP contribution in [0.3, 0.4) is 0 Å². The minimum Gasteiger partial charge on any atom is -0.248 e. The summed E-state index contributed by atoms with van der Waals surface area (Å²) in [4.78, 5) is 3.31. The minimum absolute atomic E-state index is 0.706. The summed E-state index contributed by atoms with van der Waals surface area (Å²) >= 11 is 0. The molecule has 0 aromatic carbocycles. The van der Waals surface area contributed by atoms with Gasteiger partial charge in [-0.25, -0.2) is 13.4 Å². The zero-order chi connectivity index (χ0) is 11.7. The maximum Gasteiger partial charge on any atom is 0.401 e. The summed E-state index contributed by atoms with van der Waals surface area (Å²) in [6, 6.07) is 0. The van der Waals surface area contributed by atoms with Crippen LogP contribution in [-0.4, -0.2) is 25.9 Å². The molecule has 84 valence electrons. The molecular weight excluding hydrogens is 231 g/mol. The van der Waals surface area contributed by atoms with E-state index in [4.69, 9.17) is 0 Å². The number of hydrogen-bond acceptors (Lipinski definition) is 3. The normalized spacial score (nSPS) is 22.4. The summed E-state index contributed by atoms with van der Waals surface area (Å²) in [6.45, 7) is 0. The third-order valence-electron chi connectivity index (χ3n) is 1.70. The summed E-state index contributed by atoms with van der Waals surface area (Å²) in [7, 11) is -3.95. The van der Waals surface area contributed by atoms with Crippen LogP contribution in [0.25, 0.3) is 0 Å². The minimum atomic E-state index is -4.65. The molecule has 15 heavy (non-hydrogen) atoms. The molecule has 0 aliphatic carbocycles. The van der Waals surface area contributed by atoms with Gasteiger partial charge in [-0.2, -0.15) is 13.2 Å². The molecule has 0 spiro atoms. The van der Waals surface area contributed by atoms with E-state index in [0.29, 0.717) is 6.26 Å². The van der Waals surface area contributed by atoms with E-state index >= 15 is 0 Å². The van der Waals surface area contributed by atoms with Gasteiger partial charge in [0.05, 0.1) is 0 Å². The van der Waals surface area contributed by atoms with Gasteiger partial charge in [0, 0.05) is 12.5 Å². The SMILES string of the molecule is CS(=O)(=O)C1=NC=CC=CC1C(F)(F)F. The second-order valence-corrected chi connectivity index (χ2v) is 4.95. The number of rotatable bonds is 0. The Morgan fingerprint density at radius 3 is 2.40 bits per heavy atom. The molecule has 7 heteroatoms. The number of hydrogen-bond donors (Lipinski definition) is 0. The second-order valence-electron chi connectivity index (χ2n) is 2.99. The molecule has 0 saturated heterocycles.